The van der Waals surface area contributed by atoms with Gasteiger partial charge >= 0.3 is 0 Å². The number of halogens is 1. The quantitative estimate of drug-likeness (QED) is 0.578. The molecule has 7 heteroatoms. The van der Waals surface area contributed by atoms with Gasteiger partial charge in [-0.25, -0.2) is 0 Å². The van der Waals surface area contributed by atoms with E-state index in [4.69, 9.17) is 0 Å². The fourth-order valence-corrected chi connectivity index (χ4v) is 2.90. The Morgan fingerprint density at radius 1 is 1.04 bits per heavy atom. The highest BCUT2D eigenvalue weighted by Gasteiger charge is 2.23. The fraction of sp³-hybridized carbons (Fsp3) is 0.150. The average molecular weight is 425 g/mol. The number of carbonyl (C=O) groups excluding carboxylic acids is 2. The molecule has 1 fully saturated rings. The number of anilines is 1. The Labute approximate surface area is 164 Å². The van der Waals surface area contributed by atoms with Crippen LogP contribution in [-0.2, 0) is 0 Å². The first-order valence-electron chi connectivity index (χ1n) is 8.62. The van der Waals surface area contributed by atoms with E-state index < -0.39 is 0 Å². The second-order valence-corrected chi connectivity index (χ2v) is 7.37. The predicted octanol–water partition coefficient (Wildman–Crippen LogP) is 3.98. The number of aromatic nitrogens is 2. The molecule has 1 aliphatic carbocycles. The van der Waals surface area contributed by atoms with Crippen LogP contribution in [0, 0.1) is 0 Å². The average Bonchev–Trinajstić information content (AvgIpc) is 3.34. The lowest BCUT2D eigenvalue weighted by Gasteiger charge is -2.07. The summed E-state index contributed by atoms with van der Waals surface area (Å²) in [6.45, 7) is 0. The van der Waals surface area contributed by atoms with Crippen molar-refractivity contribution in [2.24, 2.45) is 0 Å². The summed E-state index contributed by atoms with van der Waals surface area (Å²) < 4.78 is 0.977. The highest BCUT2D eigenvalue weighted by molar-refractivity contribution is 9.10. The largest absolute Gasteiger partial charge is 0.349 e. The molecule has 4 rings (SSSR count). The Bertz CT molecular complexity index is 993. The summed E-state index contributed by atoms with van der Waals surface area (Å²) in [6.07, 6.45) is 2.06. The monoisotopic (exact) mass is 424 g/mol. The van der Waals surface area contributed by atoms with E-state index in [0.29, 0.717) is 22.6 Å². The maximum Gasteiger partial charge on any atom is 0.273 e. The lowest BCUT2D eigenvalue weighted by molar-refractivity contribution is 0.0949. The number of benzene rings is 2. The summed E-state index contributed by atoms with van der Waals surface area (Å²) >= 11 is 3.40. The molecule has 1 aliphatic rings. The van der Waals surface area contributed by atoms with Gasteiger partial charge in [0.15, 0.2) is 0 Å². The number of amides is 2. The molecule has 1 heterocycles. The molecule has 6 nitrogen and oxygen atoms in total. The van der Waals surface area contributed by atoms with Gasteiger partial charge in [-0.15, -0.1) is 0 Å². The zero-order chi connectivity index (χ0) is 18.8. The maximum atomic E-state index is 12.5. The molecule has 0 unspecified atom stereocenters. The van der Waals surface area contributed by atoms with E-state index in [9.17, 15) is 9.59 Å². The maximum absolute atomic E-state index is 12.5. The first-order valence-corrected chi connectivity index (χ1v) is 9.41. The van der Waals surface area contributed by atoms with E-state index in [1.807, 2.05) is 24.3 Å². The SMILES string of the molecule is O=C(NC1CC1)c1cccc(NC(=O)c2cc(-c3ccc(Br)cc3)n[nH]2)c1. The zero-order valence-corrected chi connectivity index (χ0v) is 15.9. The number of aromatic amines is 1. The van der Waals surface area contributed by atoms with Crippen LogP contribution in [0.2, 0.25) is 0 Å². The molecular weight excluding hydrogens is 408 g/mol. The molecule has 136 valence electrons. The summed E-state index contributed by atoms with van der Waals surface area (Å²) in [4.78, 5) is 24.6. The van der Waals surface area contributed by atoms with Crippen LogP contribution in [0.4, 0.5) is 5.69 Å². The van der Waals surface area contributed by atoms with Crippen LogP contribution < -0.4 is 10.6 Å². The van der Waals surface area contributed by atoms with E-state index in [0.717, 1.165) is 22.9 Å². The van der Waals surface area contributed by atoms with E-state index in [1.165, 1.54) is 0 Å². The topological polar surface area (TPSA) is 86.9 Å². The van der Waals surface area contributed by atoms with Crippen molar-refractivity contribution in [2.45, 2.75) is 18.9 Å². The molecule has 0 aliphatic heterocycles. The van der Waals surface area contributed by atoms with Crippen molar-refractivity contribution in [3.05, 3.63) is 70.3 Å². The molecule has 1 saturated carbocycles. The van der Waals surface area contributed by atoms with Crippen molar-refractivity contribution in [3.63, 3.8) is 0 Å². The number of H-pyrrole nitrogens is 1. The minimum atomic E-state index is -0.314. The van der Waals surface area contributed by atoms with Crippen LogP contribution in [0.1, 0.15) is 33.7 Å². The molecule has 27 heavy (non-hydrogen) atoms. The van der Waals surface area contributed by atoms with Gasteiger partial charge in [-0.2, -0.15) is 5.10 Å². The smallest absolute Gasteiger partial charge is 0.273 e. The minimum absolute atomic E-state index is 0.118. The van der Waals surface area contributed by atoms with Gasteiger partial charge in [0.25, 0.3) is 11.8 Å². The predicted molar refractivity (Wildman–Crippen MR) is 107 cm³/mol. The van der Waals surface area contributed by atoms with E-state index in [1.54, 1.807) is 30.3 Å². The third-order valence-electron chi connectivity index (χ3n) is 4.26. The number of hydrogen-bond acceptors (Lipinski definition) is 3. The van der Waals surface area contributed by atoms with Gasteiger partial charge in [0.1, 0.15) is 5.69 Å². The summed E-state index contributed by atoms with van der Waals surface area (Å²) in [5.74, 6) is -0.432. The fourth-order valence-electron chi connectivity index (χ4n) is 2.64. The third-order valence-corrected chi connectivity index (χ3v) is 4.79. The highest BCUT2D eigenvalue weighted by Crippen LogP contribution is 2.22. The Kier molecular flexibility index (Phi) is 4.77. The number of hydrogen-bond donors (Lipinski definition) is 3. The standard InChI is InChI=1S/C20H17BrN4O2/c21-14-6-4-12(5-7-14)17-11-18(25-24-17)20(27)23-16-3-1-2-13(10-16)19(26)22-15-8-9-15/h1-7,10-11,15H,8-9H2,(H,22,26)(H,23,27)(H,24,25). The Hall–Kier alpha value is -2.93. The lowest BCUT2D eigenvalue weighted by Crippen LogP contribution is -2.25. The second kappa shape index (κ2) is 7.36. The van der Waals surface area contributed by atoms with E-state index in [2.05, 4.69) is 36.8 Å². The Morgan fingerprint density at radius 2 is 1.81 bits per heavy atom. The second-order valence-electron chi connectivity index (χ2n) is 6.46. The van der Waals surface area contributed by atoms with Gasteiger partial charge in [-0.05, 0) is 49.2 Å². The number of rotatable bonds is 5. The van der Waals surface area contributed by atoms with Gasteiger partial charge in [-0.1, -0.05) is 34.1 Å². The summed E-state index contributed by atoms with van der Waals surface area (Å²) in [6, 6.07) is 16.6. The van der Waals surface area contributed by atoms with Gasteiger partial charge in [-0.3, -0.25) is 14.7 Å². The van der Waals surface area contributed by atoms with Crippen molar-refractivity contribution >= 4 is 33.4 Å². The first kappa shape index (κ1) is 17.5. The van der Waals surface area contributed by atoms with Gasteiger partial charge < -0.3 is 10.6 Å². The van der Waals surface area contributed by atoms with Crippen molar-refractivity contribution < 1.29 is 9.59 Å². The van der Waals surface area contributed by atoms with Crippen LogP contribution in [-0.4, -0.2) is 28.1 Å². The summed E-state index contributed by atoms with van der Waals surface area (Å²) in [7, 11) is 0. The molecular formula is C20H17BrN4O2. The van der Waals surface area contributed by atoms with E-state index >= 15 is 0 Å². The molecule has 0 atom stereocenters. The molecule has 3 aromatic rings. The Balaban J connectivity index is 1.46. The summed E-state index contributed by atoms with van der Waals surface area (Å²) in [5, 5.41) is 12.7. The molecule has 0 saturated heterocycles. The highest BCUT2D eigenvalue weighted by atomic mass is 79.9. The van der Waals surface area contributed by atoms with Gasteiger partial charge in [0.2, 0.25) is 0 Å². The first-order chi connectivity index (χ1) is 13.1. The van der Waals surface area contributed by atoms with Gasteiger partial charge in [0.05, 0.1) is 5.69 Å². The molecule has 1 aromatic heterocycles. The van der Waals surface area contributed by atoms with Crippen molar-refractivity contribution in [1.82, 2.24) is 15.5 Å². The number of carbonyl (C=O) groups is 2. The Morgan fingerprint density at radius 3 is 2.56 bits per heavy atom. The van der Waals surface area contributed by atoms with Crippen LogP contribution >= 0.6 is 15.9 Å². The van der Waals surface area contributed by atoms with Crippen molar-refractivity contribution in [3.8, 4) is 11.3 Å². The van der Waals surface area contributed by atoms with Crippen LogP contribution in [0.15, 0.2) is 59.1 Å². The van der Waals surface area contributed by atoms with Crippen molar-refractivity contribution in [2.75, 3.05) is 5.32 Å². The van der Waals surface area contributed by atoms with Crippen molar-refractivity contribution in [1.29, 1.82) is 0 Å². The number of nitrogens with zero attached hydrogens (tertiary/aromatic N) is 1. The number of nitrogens with one attached hydrogen (secondary N) is 3. The molecule has 0 radical (unpaired) electrons. The molecule has 0 spiro atoms. The normalized spacial score (nSPS) is 13.2. The van der Waals surface area contributed by atoms with E-state index in [-0.39, 0.29) is 17.9 Å². The van der Waals surface area contributed by atoms with Crippen LogP contribution in [0.25, 0.3) is 11.3 Å². The molecule has 0 bridgehead atoms. The molecule has 2 aromatic carbocycles. The lowest BCUT2D eigenvalue weighted by atomic mass is 10.1. The summed E-state index contributed by atoms with van der Waals surface area (Å²) in [5.41, 5.74) is 3.03. The molecule has 3 N–H and O–H groups in total. The third kappa shape index (κ3) is 4.25. The van der Waals surface area contributed by atoms with Crippen LogP contribution in [0.5, 0.6) is 0 Å². The molecule has 2 amide bonds. The van der Waals surface area contributed by atoms with Gasteiger partial charge in [0, 0.05) is 27.3 Å². The van der Waals surface area contributed by atoms with Crippen LogP contribution in [0.3, 0.4) is 0 Å². The minimum Gasteiger partial charge on any atom is -0.349 e. The zero-order valence-electron chi connectivity index (χ0n) is 14.3.